The zero-order chi connectivity index (χ0) is 19.2. The van der Waals surface area contributed by atoms with E-state index in [-0.39, 0.29) is 17.5 Å². The van der Waals surface area contributed by atoms with Crippen LogP contribution < -0.4 is 16.0 Å². The highest BCUT2D eigenvalue weighted by Gasteiger charge is 2.11. The van der Waals surface area contributed by atoms with Crippen LogP contribution in [0.4, 0.5) is 22.9 Å². The van der Waals surface area contributed by atoms with Gasteiger partial charge >= 0.3 is 0 Å². The van der Waals surface area contributed by atoms with Gasteiger partial charge < -0.3 is 16.0 Å². The molecule has 0 aliphatic heterocycles. The zero-order valence-corrected chi connectivity index (χ0v) is 15.0. The zero-order valence-electron chi connectivity index (χ0n) is 15.0. The molecular weight excluding hydrogens is 342 g/mol. The lowest BCUT2D eigenvalue weighted by molar-refractivity contribution is -0.114. The van der Waals surface area contributed by atoms with Crippen molar-refractivity contribution < 1.29 is 9.59 Å². The van der Waals surface area contributed by atoms with E-state index < -0.39 is 0 Å². The molecule has 136 valence electrons. The molecule has 7 heteroatoms. The van der Waals surface area contributed by atoms with Gasteiger partial charge in [0.2, 0.25) is 5.91 Å². The number of hydrogen-bond donors (Lipinski definition) is 3. The number of anilines is 4. The molecule has 27 heavy (non-hydrogen) atoms. The van der Waals surface area contributed by atoms with E-state index in [0.29, 0.717) is 23.0 Å². The maximum absolute atomic E-state index is 12.6. The number of hydrogen-bond acceptors (Lipinski definition) is 5. The number of aromatic nitrogens is 2. The molecule has 0 saturated carbocycles. The van der Waals surface area contributed by atoms with E-state index in [0.717, 1.165) is 5.69 Å². The number of para-hydroxylation sites is 1. The van der Waals surface area contributed by atoms with Crippen molar-refractivity contribution in [2.45, 2.75) is 13.8 Å². The SMILES string of the molecule is CC(=O)Nc1cccc(NC(=O)c2cc(Nc3ccccc3)nc(C)n2)c1. The summed E-state index contributed by atoms with van der Waals surface area (Å²) in [5.74, 6) is 0.469. The molecule has 0 aliphatic rings. The summed E-state index contributed by atoms with van der Waals surface area (Å²) in [4.78, 5) is 32.3. The molecule has 0 saturated heterocycles. The fourth-order valence-electron chi connectivity index (χ4n) is 2.49. The molecule has 1 aromatic heterocycles. The lowest BCUT2D eigenvalue weighted by atomic mass is 10.2. The van der Waals surface area contributed by atoms with E-state index in [1.165, 1.54) is 6.92 Å². The molecule has 0 unspecified atom stereocenters. The van der Waals surface area contributed by atoms with Crippen LogP contribution >= 0.6 is 0 Å². The Balaban J connectivity index is 1.77. The van der Waals surface area contributed by atoms with Crippen LogP contribution in [0.2, 0.25) is 0 Å². The van der Waals surface area contributed by atoms with Gasteiger partial charge in [-0.15, -0.1) is 0 Å². The Bertz CT molecular complexity index is 973. The largest absolute Gasteiger partial charge is 0.340 e. The highest BCUT2D eigenvalue weighted by molar-refractivity contribution is 6.03. The first-order valence-corrected chi connectivity index (χ1v) is 8.36. The summed E-state index contributed by atoms with van der Waals surface area (Å²) >= 11 is 0. The van der Waals surface area contributed by atoms with E-state index in [4.69, 9.17) is 0 Å². The quantitative estimate of drug-likeness (QED) is 0.643. The Labute approximate surface area is 156 Å². The van der Waals surface area contributed by atoms with E-state index in [9.17, 15) is 9.59 Å². The minimum absolute atomic E-state index is 0.179. The highest BCUT2D eigenvalue weighted by Crippen LogP contribution is 2.18. The van der Waals surface area contributed by atoms with Gasteiger partial charge in [-0.05, 0) is 37.3 Å². The molecule has 1 heterocycles. The average Bonchev–Trinajstić information content (AvgIpc) is 2.62. The van der Waals surface area contributed by atoms with Crippen molar-refractivity contribution in [2.24, 2.45) is 0 Å². The summed E-state index contributed by atoms with van der Waals surface area (Å²) in [5.41, 5.74) is 2.27. The molecule has 0 aliphatic carbocycles. The number of aryl methyl sites for hydroxylation is 1. The van der Waals surface area contributed by atoms with Crippen LogP contribution in [0.15, 0.2) is 60.7 Å². The molecular formula is C20H19N5O2. The van der Waals surface area contributed by atoms with Crippen LogP contribution in [0, 0.1) is 6.92 Å². The van der Waals surface area contributed by atoms with Gasteiger partial charge in [0.25, 0.3) is 5.91 Å². The summed E-state index contributed by atoms with van der Waals surface area (Å²) in [6.45, 7) is 3.15. The number of nitrogens with one attached hydrogen (secondary N) is 3. The molecule has 0 fully saturated rings. The minimum Gasteiger partial charge on any atom is -0.340 e. The monoisotopic (exact) mass is 361 g/mol. The molecule has 7 nitrogen and oxygen atoms in total. The highest BCUT2D eigenvalue weighted by atomic mass is 16.2. The van der Waals surface area contributed by atoms with Gasteiger partial charge in [0, 0.05) is 30.1 Å². The summed E-state index contributed by atoms with van der Waals surface area (Å²) in [6, 6.07) is 18.0. The predicted octanol–water partition coefficient (Wildman–Crippen LogP) is 3.74. The number of rotatable bonds is 5. The average molecular weight is 361 g/mol. The molecule has 3 N–H and O–H groups in total. The van der Waals surface area contributed by atoms with Gasteiger partial charge in [0.05, 0.1) is 0 Å². The van der Waals surface area contributed by atoms with Crippen molar-refractivity contribution in [3.63, 3.8) is 0 Å². The summed E-state index contributed by atoms with van der Waals surface area (Å²) < 4.78 is 0. The first-order chi connectivity index (χ1) is 13.0. The second-order valence-electron chi connectivity index (χ2n) is 5.89. The predicted molar refractivity (Wildman–Crippen MR) is 105 cm³/mol. The van der Waals surface area contributed by atoms with Gasteiger partial charge in [-0.1, -0.05) is 24.3 Å². The lowest BCUT2D eigenvalue weighted by Gasteiger charge is -2.10. The normalized spacial score (nSPS) is 10.1. The van der Waals surface area contributed by atoms with Crippen LogP contribution in [0.5, 0.6) is 0 Å². The number of amides is 2. The van der Waals surface area contributed by atoms with Gasteiger partial charge in [-0.2, -0.15) is 0 Å². The molecule has 2 aromatic carbocycles. The first-order valence-electron chi connectivity index (χ1n) is 8.36. The van der Waals surface area contributed by atoms with Crippen LogP contribution in [-0.4, -0.2) is 21.8 Å². The van der Waals surface area contributed by atoms with E-state index >= 15 is 0 Å². The van der Waals surface area contributed by atoms with Crippen molar-refractivity contribution in [1.82, 2.24) is 9.97 Å². The van der Waals surface area contributed by atoms with Gasteiger partial charge in [0.1, 0.15) is 17.3 Å². The van der Waals surface area contributed by atoms with Crippen molar-refractivity contribution in [2.75, 3.05) is 16.0 Å². The fourth-order valence-corrected chi connectivity index (χ4v) is 2.49. The van der Waals surface area contributed by atoms with Crippen molar-refractivity contribution >= 4 is 34.7 Å². The standard InChI is InChI=1S/C20H19N5O2/c1-13-21-18(12-19(22-13)24-15-7-4-3-5-8-15)20(27)25-17-10-6-9-16(11-17)23-14(2)26/h3-12H,1-2H3,(H,23,26)(H,25,27)(H,21,22,24). The van der Waals surface area contributed by atoms with E-state index in [2.05, 4.69) is 25.9 Å². The molecule has 3 aromatic rings. The lowest BCUT2D eigenvalue weighted by Crippen LogP contribution is -2.15. The molecule has 3 rings (SSSR count). The number of carbonyl (C=O) groups is 2. The number of benzene rings is 2. The minimum atomic E-state index is -0.364. The Kier molecular flexibility index (Phi) is 5.41. The summed E-state index contributed by atoms with van der Waals surface area (Å²) in [5, 5.41) is 8.62. The fraction of sp³-hybridized carbons (Fsp3) is 0.100. The van der Waals surface area contributed by atoms with Gasteiger partial charge in [-0.25, -0.2) is 9.97 Å². The Morgan fingerprint density at radius 1 is 0.815 bits per heavy atom. The second kappa shape index (κ2) is 8.09. The molecule has 2 amide bonds. The topological polar surface area (TPSA) is 96.0 Å². The molecule has 0 spiro atoms. The Morgan fingerprint density at radius 2 is 1.48 bits per heavy atom. The molecule has 0 bridgehead atoms. The Hall–Kier alpha value is -3.74. The van der Waals surface area contributed by atoms with Crippen LogP contribution in [-0.2, 0) is 4.79 Å². The third-order valence-corrected chi connectivity index (χ3v) is 3.56. The van der Waals surface area contributed by atoms with Crippen molar-refractivity contribution in [3.05, 3.63) is 72.2 Å². The van der Waals surface area contributed by atoms with E-state index in [1.807, 2.05) is 30.3 Å². The summed E-state index contributed by atoms with van der Waals surface area (Å²) in [7, 11) is 0. The summed E-state index contributed by atoms with van der Waals surface area (Å²) in [6.07, 6.45) is 0. The third-order valence-electron chi connectivity index (χ3n) is 3.56. The third kappa shape index (κ3) is 5.12. The van der Waals surface area contributed by atoms with Crippen LogP contribution in [0.1, 0.15) is 23.2 Å². The maximum atomic E-state index is 12.6. The smallest absolute Gasteiger partial charge is 0.274 e. The Morgan fingerprint density at radius 3 is 2.19 bits per heavy atom. The second-order valence-corrected chi connectivity index (χ2v) is 5.89. The van der Waals surface area contributed by atoms with E-state index in [1.54, 1.807) is 37.3 Å². The van der Waals surface area contributed by atoms with Crippen LogP contribution in [0.3, 0.4) is 0 Å². The van der Waals surface area contributed by atoms with Crippen molar-refractivity contribution in [3.8, 4) is 0 Å². The number of nitrogens with zero attached hydrogens (tertiary/aromatic N) is 2. The van der Waals surface area contributed by atoms with Crippen molar-refractivity contribution in [1.29, 1.82) is 0 Å². The van der Waals surface area contributed by atoms with Gasteiger partial charge in [0.15, 0.2) is 0 Å². The number of carbonyl (C=O) groups excluding carboxylic acids is 2. The molecule has 0 radical (unpaired) electrons. The van der Waals surface area contributed by atoms with Crippen LogP contribution in [0.25, 0.3) is 0 Å². The molecule has 0 atom stereocenters. The first kappa shape index (κ1) is 18.1. The maximum Gasteiger partial charge on any atom is 0.274 e. The van der Waals surface area contributed by atoms with Gasteiger partial charge in [-0.3, -0.25) is 9.59 Å².